The third-order valence-corrected chi connectivity index (χ3v) is 3.74. The van der Waals surface area contributed by atoms with Crippen molar-refractivity contribution in [2.24, 2.45) is 0 Å². The molecule has 96 valence electrons. The Morgan fingerprint density at radius 2 is 1.78 bits per heavy atom. The lowest BCUT2D eigenvalue weighted by Crippen LogP contribution is -2.35. The van der Waals surface area contributed by atoms with Gasteiger partial charge >= 0.3 is 0 Å². The maximum absolute atomic E-state index is 11.9. The summed E-state index contributed by atoms with van der Waals surface area (Å²) in [6.07, 6.45) is 2.85. The number of rotatable bonds is 2. The Morgan fingerprint density at radius 3 is 2.33 bits per heavy atom. The van der Waals surface area contributed by atoms with E-state index in [0.717, 1.165) is 17.6 Å². The fourth-order valence-corrected chi connectivity index (χ4v) is 2.60. The Kier molecular flexibility index (Phi) is 3.16. The van der Waals surface area contributed by atoms with E-state index >= 15 is 0 Å². The molecule has 0 fully saturated rings. The monoisotopic (exact) mass is 244 g/mol. The van der Waals surface area contributed by atoms with Gasteiger partial charge in [-0.25, -0.2) is 0 Å². The van der Waals surface area contributed by atoms with Gasteiger partial charge in [-0.15, -0.1) is 0 Å². The Morgan fingerprint density at radius 1 is 1.17 bits per heavy atom. The molecule has 1 aliphatic rings. The summed E-state index contributed by atoms with van der Waals surface area (Å²) < 4.78 is 0. The fourth-order valence-electron chi connectivity index (χ4n) is 2.60. The summed E-state index contributed by atoms with van der Waals surface area (Å²) >= 11 is 0. The number of hydrogen-bond donors (Lipinski definition) is 1. The number of carbonyl (C=O) groups excluding carboxylic acids is 1. The molecule has 0 spiro atoms. The number of aliphatic hydroxyl groups is 1. The van der Waals surface area contributed by atoms with Gasteiger partial charge in [0, 0.05) is 11.8 Å². The fraction of sp³-hybridized carbons (Fsp3) is 0.438. The molecule has 0 saturated heterocycles. The highest BCUT2D eigenvalue weighted by atomic mass is 16.3. The molecule has 0 amide bonds. The first kappa shape index (κ1) is 13.0. The average Bonchev–Trinajstić information content (AvgIpc) is 2.28. The maximum atomic E-state index is 11.9. The minimum atomic E-state index is -0.924. The third kappa shape index (κ3) is 2.54. The van der Waals surface area contributed by atoms with Crippen LogP contribution >= 0.6 is 0 Å². The summed E-state index contributed by atoms with van der Waals surface area (Å²) in [5, 5.41) is 10.1. The van der Waals surface area contributed by atoms with Crippen LogP contribution in [0.4, 0.5) is 0 Å². The molecule has 18 heavy (non-hydrogen) atoms. The van der Waals surface area contributed by atoms with E-state index in [-0.39, 0.29) is 11.2 Å². The van der Waals surface area contributed by atoms with Gasteiger partial charge in [-0.1, -0.05) is 37.3 Å². The highest BCUT2D eigenvalue weighted by molar-refractivity contribution is 5.93. The number of allylic oxidation sites excluding steroid dienone is 1. The van der Waals surface area contributed by atoms with E-state index in [4.69, 9.17) is 0 Å². The van der Waals surface area contributed by atoms with Gasteiger partial charge in [-0.2, -0.15) is 0 Å². The summed E-state index contributed by atoms with van der Waals surface area (Å²) in [5.41, 5.74) is 0.854. The van der Waals surface area contributed by atoms with Crippen molar-refractivity contribution in [1.82, 2.24) is 0 Å². The van der Waals surface area contributed by atoms with Crippen molar-refractivity contribution in [2.75, 3.05) is 0 Å². The molecule has 1 atom stereocenters. The van der Waals surface area contributed by atoms with Crippen LogP contribution in [0.2, 0.25) is 0 Å². The summed E-state index contributed by atoms with van der Waals surface area (Å²) in [6, 6.07) is 10.1. The Bertz CT molecular complexity index is 480. The lowest BCUT2D eigenvalue weighted by molar-refractivity contribution is -0.116. The molecular weight excluding hydrogens is 224 g/mol. The summed E-state index contributed by atoms with van der Waals surface area (Å²) in [7, 11) is 0. The SMILES string of the molecule is CC(C)(O)C1=CC(=O)C[C@](C)(c2ccccc2)C1. The normalized spacial score (nSPS) is 24.9. The van der Waals surface area contributed by atoms with E-state index < -0.39 is 5.60 Å². The first-order valence-corrected chi connectivity index (χ1v) is 6.33. The second-order valence-corrected chi connectivity index (χ2v) is 5.98. The number of benzene rings is 1. The van der Waals surface area contributed by atoms with E-state index in [1.807, 2.05) is 18.2 Å². The molecule has 2 rings (SSSR count). The predicted octanol–water partition coefficient (Wildman–Crippen LogP) is 3.00. The van der Waals surface area contributed by atoms with Crippen LogP contribution in [-0.4, -0.2) is 16.5 Å². The largest absolute Gasteiger partial charge is 0.386 e. The lowest BCUT2D eigenvalue weighted by atomic mass is 9.68. The van der Waals surface area contributed by atoms with Crippen LogP contribution in [0.1, 0.15) is 39.2 Å². The predicted molar refractivity (Wildman–Crippen MR) is 72.4 cm³/mol. The molecule has 0 unspecified atom stereocenters. The first-order chi connectivity index (χ1) is 8.31. The topological polar surface area (TPSA) is 37.3 Å². The van der Waals surface area contributed by atoms with Gasteiger partial charge in [0.05, 0.1) is 5.60 Å². The average molecular weight is 244 g/mol. The van der Waals surface area contributed by atoms with Gasteiger partial charge in [0.25, 0.3) is 0 Å². The zero-order valence-electron chi connectivity index (χ0n) is 11.2. The summed E-state index contributed by atoms with van der Waals surface area (Å²) in [5.74, 6) is 0.102. The number of ketones is 1. The lowest BCUT2D eigenvalue weighted by Gasteiger charge is -2.37. The van der Waals surface area contributed by atoms with Crippen LogP contribution in [-0.2, 0) is 10.2 Å². The minimum absolute atomic E-state index is 0.102. The highest BCUT2D eigenvalue weighted by Crippen LogP contribution is 2.40. The molecule has 2 nitrogen and oxygen atoms in total. The standard InChI is InChI=1S/C16H20O2/c1-15(2,18)13-9-14(17)11-16(3,10-13)12-7-5-4-6-8-12/h4-9,18H,10-11H2,1-3H3/t16-/m1/s1. The van der Waals surface area contributed by atoms with E-state index in [1.54, 1.807) is 19.9 Å². The van der Waals surface area contributed by atoms with Crippen molar-refractivity contribution >= 4 is 5.78 Å². The van der Waals surface area contributed by atoms with Crippen LogP contribution in [0.15, 0.2) is 42.0 Å². The van der Waals surface area contributed by atoms with Crippen molar-refractivity contribution in [1.29, 1.82) is 0 Å². The number of hydrogen-bond acceptors (Lipinski definition) is 2. The Balaban J connectivity index is 2.38. The molecule has 0 aromatic heterocycles. The molecule has 0 heterocycles. The molecule has 1 N–H and O–H groups in total. The van der Waals surface area contributed by atoms with Crippen molar-refractivity contribution in [3.8, 4) is 0 Å². The summed E-state index contributed by atoms with van der Waals surface area (Å²) in [4.78, 5) is 11.9. The summed E-state index contributed by atoms with van der Waals surface area (Å²) in [6.45, 7) is 5.57. The van der Waals surface area contributed by atoms with Crippen molar-refractivity contribution < 1.29 is 9.90 Å². The number of carbonyl (C=O) groups is 1. The molecule has 1 aromatic rings. The van der Waals surface area contributed by atoms with Gasteiger partial charge in [-0.05, 0) is 37.5 Å². The maximum Gasteiger partial charge on any atom is 0.156 e. The zero-order valence-corrected chi connectivity index (χ0v) is 11.2. The van der Waals surface area contributed by atoms with Crippen LogP contribution in [0.25, 0.3) is 0 Å². The Hall–Kier alpha value is -1.41. The van der Waals surface area contributed by atoms with Gasteiger partial charge in [0.15, 0.2) is 5.78 Å². The van der Waals surface area contributed by atoms with Crippen LogP contribution < -0.4 is 0 Å². The van der Waals surface area contributed by atoms with Crippen LogP contribution in [0, 0.1) is 0 Å². The smallest absolute Gasteiger partial charge is 0.156 e. The van der Waals surface area contributed by atoms with Crippen molar-refractivity contribution in [2.45, 2.75) is 44.6 Å². The molecule has 1 aromatic carbocycles. The second kappa shape index (κ2) is 4.36. The van der Waals surface area contributed by atoms with E-state index in [0.29, 0.717) is 6.42 Å². The van der Waals surface area contributed by atoms with Gasteiger partial charge in [0.1, 0.15) is 0 Å². The van der Waals surface area contributed by atoms with E-state index in [9.17, 15) is 9.90 Å². The van der Waals surface area contributed by atoms with E-state index in [2.05, 4.69) is 19.1 Å². The molecule has 0 aliphatic heterocycles. The zero-order chi connectivity index (χ0) is 13.4. The third-order valence-electron chi connectivity index (χ3n) is 3.74. The second-order valence-electron chi connectivity index (χ2n) is 5.98. The quantitative estimate of drug-likeness (QED) is 0.868. The van der Waals surface area contributed by atoms with Gasteiger partial charge in [0.2, 0.25) is 0 Å². The van der Waals surface area contributed by atoms with Gasteiger partial charge in [-0.3, -0.25) is 4.79 Å². The highest BCUT2D eigenvalue weighted by Gasteiger charge is 2.37. The van der Waals surface area contributed by atoms with Crippen LogP contribution in [0.3, 0.4) is 0 Å². The van der Waals surface area contributed by atoms with Crippen molar-refractivity contribution in [3.63, 3.8) is 0 Å². The molecule has 1 aliphatic carbocycles. The first-order valence-electron chi connectivity index (χ1n) is 6.33. The van der Waals surface area contributed by atoms with E-state index in [1.165, 1.54) is 0 Å². The molecular formula is C16H20O2. The minimum Gasteiger partial charge on any atom is -0.386 e. The van der Waals surface area contributed by atoms with Crippen LogP contribution in [0.5, 0.6) is 0 Å². The molecule has 0 radical (unpaired) electrons. The van der Waals surface area contributed by atoms with Gasteiger partial charge < -0.3 is 5.11 Å². The Labute approximate surface area is 108 Å². The molecule has 0 bridgehead atoms. The van der Waals surface area contributed by atoms with Crippen molar-refractivity contribution in [3.05, 3.63) is 47.5 Å². The molecule has 2 heteroatoms. The molecule has 0 saturated carbocycles.